The summed E-state index contributed by atoms with van der Waals surface area (Å²) in [7, 11) is 0. The second-order valence-electron chi connectivity index (χ2n) is 12.8. The molecule has 2 aliphatic rings. The molecular weight excluding hydrogens is 598 g/mol. The molecule has 0 aromatic heterocycles. The van der Waals surface area contributed by atoms with Crippen molar-refractivity contribution in [1.82, 2.24) is 10.2 Å². The lowest BCUT2D eigenvalue weighted by atomic mass is 10.1. The van der Waals surface area contributed by atoms with Crippen LogP contribution in [0.1, 0.15) is 68.6 Å². The zero-order valence-corrected chi connectivity index (χ0v) is 26.5. The van der Waals surface area contributed by atoms with Gasteiger partial charge in [-0.15, -0.1) is 0 Å². The number of hydrogen-bond acceptors (Lipinski definition) is 10. The third kappa shape index (κ3) is 7.98. The van der Waals surface area contributed by atoms with Crippen molar-refractivity contribution in [2.24, 2.45) is 0 Å². The van der Waals surface area contributed by atoms with Gasteiger partial charge in [0.1, 0.15) is 11.2 Å². The van der Waals surface area contributed by atoms with Crippen LogP contribution in [0.4, 0.5) is 21.0 Å². The molecular formula is C32H37N5O9. The van der Waals surface area contributed by atoms with Gasteiger partial charge in [-0.3, -0.25) is 14.4 Å². The molecule has 1 saturated heterocycles. The van der Waals surface area contributed by atoms with E-state index in [9.17, 15) is 34.3 Å². The van der Waals surface area contributed by atoms with E-state index in [2.05, 4.69) is 10.6 Å². The quantitative estimate of drug-likeness (QED) is 0.425. The van der Waals surface area contributed by atoms with E-state index in [1.54, 1.807) is 59.7 Å². The number of aliphatic hydroxyl groups is 1. The van der Waals surface area contributed by atoms with Crippen molar-refractivity contribution in [1.29, 1.82) is 5.26 Å². The summed E-state index contributed by atoms with van der Waals surface area (Å²) in [5.74, 6) is -1.80. The van der Waals surface area contributed by atoms with Crippen LogP contribution in [0.5, 0.6) is 0 Å². The van der Waals surface area contributed by atoms with Gasteiger partial charge in [0.25, 0.3) is 17.7 Å². The number of carbonyl (C=O) groups is 5. The van der Waals surface area contributed by atoms with Crippen molar-refractivity contribution in [2.45, 2.75) is 78.0 Å². The van der Waals surface area contributed by atoms with Crippen LogP contribution in [0.25, 0.3) is 0 Å². The maximum Gasteiger partial charge on any atom is 0.420 e. The molecule has 0 saturated carbocycles. The highest BCUT2D eigenvalue weighted by molar-refractivity contribution is 6.04. The Bertz CT molecular complexity index is 1570. The number of fused-ring (bicyclic) bond motifs is 1. The lowest BCUT2D eigenvalue weighted by Crippen LogP contribution is -2.55. The number of amides is 5. The molecule has 244 valence electrons. The Morgan fingerprint density at radius 2 is 1.74 bits per heavy atom. The summed E-state index contributed by atoms with van der Waals surface area (Å²) in [5, 5.41) is 25.8. The van der Waals surface area contributed by atoms with E-state index in [0.717, 1.165) is 5.56 Å². The van der Waals surface area contributed by atoms with Crippen LogP contribution in [-0.2, 0) is 36.9 Å². The van der Waals surface area contributed by atoms with Crippen LogP contribution in [-0.4, -0.2) is 76.5 Å². The van der Waals surface area contributed by atoms with Crippen LogP contribution in [0.3, 0.4) is 0 Å². The second-order valence-corrected chi connectivity index (χ2v) is 12.8. The van der Waals surface area contributed by atoms with E-state index in [0.29, 0.717) is 22.7 Å². The molecule has 1 fully saturated rings. The zero-order chi connectivity index (χ0) is 34.0. The first-order valence-corrected chi connectivity index (χ1v) is 14.6. The molecule has 5 amide bonds. The number of ether oxygens (including phenoxy) is 3. The highest BCUT2D eigenvalue weighted by Gasteiger charge is 2.40. The molecule has 2 aliphatic heterocycles. The molecule has 0 spiro atoms. The monoisotopic (exact) mass is 635 g/mol. The number of rotatable bonds is 6. The van der Waals surface area contributed by atoms with Gasteiger partial charge in [-0.1, -0.05) is 0 Å². The first-order valence-electron chi connectivity index (χ1n) is 14.6. The zero-order valence-electron chi connectivity index (χ0n) is 26.5. The third-order valence-electron chi connectivity index (χ3n) is 6.81. The maximum atomic E-state index is 13.3. The predicted octanol–water partition coefficient (Wildman–Crippen LogP) is 3.21. The summed E-state index contributed by atoms with van der Waals surface area (Å²) < 4.78 is 16.3. The van der Waals surface area contributed by atoms with E-state index in [-0.39, 0.29) is 35.9 Å². The SMILES string of the molecule is CC(C)(C)OC(=O)N(Cc1cc(NC(=O)[C@H](O)[C@H]2OCCN(c3ccc4c(c3)CNC4=O)C2=O)ccc1C#N)C(=O)OC(C)(C)C. The smallest absolute Gasteiger partial charge is 0.420 e. The molecule has 14 heteroatoms. The van der Waals surface area contributed by atoms with Crippen molar-refractivity contribution < 1.29 is 43.3 Å². The van der Waals surface area contributed by atoms with Gasteiger partial charge in [0.15, 0.2) is 12.2 Å². The maximum absolute atomic E-state index is 13.3. The molecule has 2 aromatic carbocycles. The number of aliphatic hydroxyl groups excluding tert-OH is 1. The normalized spacial score (nSPS) is 16.9. The Morgan fingerprint density at radius 1 is 1.09 bits per heavy atom. The summed E-state index contributed by atoms with van der Waals surface area (Å²) in [6.45, 7) is 9.90. The summed E-state index contributed by atoms with van der Waals surface area (Å²) >= 11 is 0. The van der Waals surface area contributed by atoms with Crippen molar-refractivity contribution in [2.75, 3.05) is 23.4 Å². The highest BCUT2D eigenvalue weighted by atomic mass is 16.6. The Morgan fingerprint density at radius 3 is 2.35 bits per heavy atom. The number of nitrogens with one attached hydrogen (secondary N) is 2. The minimum Gasteiger partial charge on any atom is -0.443 e. The number of hydrogen-bond donors (Lipinski definition) is 3. The van der Waals surface area contributed by atoms with Gasteiger partial charge in [0.2, 0.25) is 0 Å². The molecule has 14 nitrogen and oxygen atoms in total. The fraction of sp³-hybridized carbons (Fsp3) is 0.438. The van der Waals surface area contributed by atoms with Crippen molar-refractivity contribution in [3.63, 3.8) is 0 Å². The van der Waals surface area contributed by atoms with Crippen LogP contribution < -0.4 is 15.5 Å². The standard InChI is InChI=1S/C32H37N5O9/c1-31(2,3)45-29(42)37(30(43)46-32(4,5)6)17-20-13-21(8-7-18(20)15-33)35-27(40)24(38)25-28(41)36(11-12-44-25)22-9-10-23-19(14-22)16-34-26(23)39/h7-10,13-14,24-25,38H,11-12,16-17H2,1-6H3,(H,34,39)(H,35,40)/t24-,25-/m1/s1. The molecule has 4 rings (SSSR count). The van der Waals surface area contributed by atoms with Crippen molar-refractivity contribution in [3.8, 4) is 6.07 Å². The third-order valence-corrected chi connectivity index (χ3v) is 6.81. The number of nitrogens with zero attached hydrogens (tertiary/aromatic N) is 3. The van der Waals surface area contributed by atoms with Gasteiger partial charge in [-0.25, -0.2) is 14.5 Å². The van der Waals surface area contributed by atoms with Crippen molar-refractivity contribution >= 4 is 41.3 Å². The van der Waals surface area contributed by atoms with Gasteiger partial charge in [-0.05, 0) is 89.1 Å². The highest BCUT2D eigenvalue weighted by Crippen LogP contribution is 2.27. The Balaban J connectivity index is 1.51. The lowest BCUT2D eigenvalue weighted by Gasteiger charge is -2.34. The Hall–Kier alpha value is -5.00. The first-order chi connectivity index (χ1) is 21.5. The molecule has 2 heterocycles. The molecule has 2 aromatic rings. The van der Waals surface area contributed by atoms with E-state index in [4.69, 9.17) is 14.2 Å². The van der Waals surface area contributed by atoms with Gasteiger partial charge < -0.3 is 34.9 Å². The largest absolute Gasteiger partial charge is 0.443 e. The average molecular weight is 636 g/mol. The minimum absolute atomic E-state index is 0.0428. The fourth-order valence-corrected chi connectivity index (χ4v) is 4.75. The predicted molar refractivity (Wildman–Crippen MR) is 164 cm³/mol. The minimum atomic E-state index is -1.91. The second kappa shape index (κ2) is 13.2. The topological polar surface area (TPSA) is 188 Å². The molecule has 3 N–H and O–H groups in total. The summed E-state index contributed by atoms with van der Waals surface area (Å²) in [5.41, 5.74) is 0.251. The van der Waals surface area contributed by atoms with Crippen LogP contribution in [0.2, 0.25) is 0 Å². The van der Waals surface area contributed by atoms with E-state index in [1.165, 1.54) is 23.1 Å². The Labute approximate surface area is 266 Å². The molecule has 46 heavy (non-hydrogen) atoms. The molecule has 0 bridgehead atoms. The van der Waals surface area contributed by atoms with E-state index in [1.807, 2.05) is 6.07 Å². The van der Waals surface area contributed by atoms with E-state index >= 15 is 0 Å². The van der Waals surface area contributed by atoms with Crippen molar-refractivity contribution in [3.05, 3.63) is 58.7 Å². The lowest BCUT2D eigenvalue weighted by molar-refractivity contribution is -0.150. The number of morpholine rings is 1. The number of nitriles is 1. The number of benzene rings is 2. The van der Waals surface area contributed by atoms with Crippen LogP contribution >= 0.6 is 0 Å². The summed E-state index contributed by atoms with van der Waals surface area (Å²) in [6, 6.07) is 11.1. The molecule has 0 aliphatic carbocycles. The number of imide groups is 1. The first kappa shape index (κ1) is 33.9. The summed E-state index contributed by atoms with van der Waals surface area (Å²) in [6.07, 6.45) is -5.43. The van der Waals surface area contributed by atoms with Gasteiger partial charge >= 0.3 is 12.2 Å². The average Bonchev–Trinajstić information content (AvgIpc) is 3.33. The van der Waals surface area contributed by atoms with Crippen LogP contribution in [0, 0.1) is 11.3 Å². The Kier molecular flexibility index (Phi) is 9.69. The summed E-state index contributed by atoms with van der Waals surface area (Å²) in [4.78, 5) is 66.4. The number of carbonyl (C=O) groups excluding carboxylic acids is 5. The van der Waals surface area contributed by atoms with Gasteiger partial charge in [0.05, 0.1) is 24.8 Å². The fourth-order valence-electron chi connectivity index (χ4n) is 4.75. The van der Waals surface area contributed by atoms with E-state index < -0.39 is 54.0 Å². The molecule has 2 atom stereocenters. The van der Waals surface area contributed by atoms with Crippen LogP contribution in [0.15, 0.2) is 36.4 Å². The molecule has 0 unspecified atom stereocenters. The van der Waals surface area contributed by atoms with Gasteiger partial charge in [0, 0.05) is 30.0 Å². The number of anilines is 2. The molecule has 0 radical (unpaired) electrons. The van der Waals surface area contributed by atoms with Gasteiger partial charge in [-0.2, -0.15) is 5.26 Å².